The number of aliphatic hydroxyl groups excluding tert-OH is 1. The number of carbonyl (C=O) groups excluding carboxylic acids is 1. The quantitative estimate of drug-likeness (QED) is 0.363. The summed E-state index contributed by atoms with van der Waals surface area (Å²) < 4.78 is 46.4. The molecule has 0 spiro atoms. The van der Waals surface area contributed by atoms with Gasteiger partial charge in [0.2, 0.25) is 0 Å². The first kappa shape index (κ1) is 27.4. The summed E-state index contributed by atoms with van der Waals surface area (Å²) in [6.45, 7) is 6.83. The topological polar surface area (TPSA) is 54.7 Å². The number of hydrogen-bond donors (Lipinski definition) is 1. The van der Waals surface area contributed by atoms with Crippen molar-refractivity contribution in [3.8, 4) is 0 Å². The van der Waals surface area contributed by atoms with Gasteiger partial charge in [0.1, 0.15) is 0 Å². The van der Waals surface area contributed by atoms with E-state index in [4.69, 9.17) is 27.9 Å². The van der Waals surface area contributed by atoms with Crippen molar-refractivity contribution < 1.29 is 27.8 Å². The minimum absolute atomic E-state index is 0.196. The van der Waals surface area contributed by atoms with Gasteiger partial charge in [0.05, 0.1) is 29.2 Å². The fraction of sp³-hybridized carbons (Fsp3) is 0.370. The number of ether oxygens (including phenoxy) is 1. The number of benzene rings is 2. The molecular formula is C27H27Cl2F3N2O3. The highest BCUT2D eigenvalue weighted by Gasteiger charge is 2.35. The number of likely N-dealkylation sites (tertiary alicyclic amines) is 1. The normalized spacial score (nSPS) is 18.3. The molecule has 10 heteroatoms. The number of hydrogen-bond acceptors (Lipinski definition) is 4. The Morgan fingerprint density at radius 3 is 2.59 bits per heavy atom. The SMILES string of the molecule is C=C(c1ccc(Cl)c(Cc2cc3ccc(C(F)(F)F)cc3n2C)c1Cl)N1CCC(C(=O)OCC)C(O)C1. The molecule has 0 saturated carbocycles. The van der Waals surface area contributed by atoms with E-state index in [0.717, 1.165) is 17.8 Å². The predicted octanol–water partition coefficient (Wildman–Crippen LogP) is 6.31. The number of aliphatic hydroxyl groups is 1. The molecule has 5 nitrogen and oxygen atoms in total. The second-order valence-corrected chi connectivity index (χ2v) is 9.92. The highest BCUT2D eigenvalue weighted by Crippen LogP contribution is 2.37. The summed E-state index contributed by atoms with van der Waals surface area (Å²) >= 11 is 13.3. The Hall–Kier alpha value is -2.68. The van der Waals surface area contributed by atoms with E-state index in [-0.39, 0.29) is 13.2 Å². The Kier molecular flexibility index (Phi) is 7.83. The van der Waals surface area contributed by atoms with Crippen molar-refractivity contribution in [3.63, 3.8) is 0 Å². The third kappa shape index (κ3) is 5.47. The number of aromatic nitrogens is 1. The highest BCUT2D eigenvalue weighted by molar-refractivity contribution is 6.37. The van der Waals surface area contributed by atoms with E-state index in [1.165, 1.54) is 6.07 Å². The number of piperidine rings is 1. The number of alkyl halides is 3. The van der Waals surface area contributed by atoms with Crippen LogP contribution in [0.1, 0.15) is 35.7 Å². The summed E-state index contributed by atoms with van der Waals surface area (Å²) in [4.78, 5) is 14.0. The van der Waals surface area contributed by atoms with Crippen molar-refractivity contribution >= 4 is 45.8 Å². The van der Waals surface area contributed by atoms with Crippen molar-refractivity contribution in [2.75, 3.05) is 19.7 Å². The first-order valence-corrected chi connectivity index (χ1v) is 12.6. The van der Waals surface area contributed by atoms with Crippen LogP contribution in [0.4, 0.5) is 13.2 Å². The lowest BCUT2D eigenvalue weighted by Crippen LogP contribution is -2.46. The van der Waals surface area contributed by atoms with E-state index in [1.807, 2.05) is 11.0 Å². The molecule has 4 rings (SSSR count). The molecule has 1 fully saturated rings. The third-order valence-corrected chi connectivity index (χ3v) is 7.67. The lowest BCUT2D eigenvalue weighted by molar-refractivity contribution is -0.154. The van der Waals surface area contributed by atoms with Crippen molar-refractivity contribution in [1.29, 1.82) is 0 Å². The maximum Gasteiger partial charge on any atom is 0.416 e. The third-order valence-electron chi connectivity index (χ3n) is 6.88. The van der Waals surface area contributed by atoms with Crippen LogP contribution in [0.2, 0.25) is 10.0 Å². The van der Waals surface area contributed by atoms with Gasteiger partial charge in [-0.1, -0.05) is 35.8 Å². The second-order valence-electron chi connectivity index (χ2n) is 9.14. The Balaban J connectivity index is 1.59. The molecule has 2 atom stereocenters. The molecular weight excluding hydrogens is 528 g/mol. The van der Waals surface area contributed by atoms with Crippen LogP contribution in [-0.4, -0.2) is 46.3 Å². The Morgan fingerprint density at radius 2 is 1.95 bits per heavy atom. The lowest BCUT2D eigenvalue weighted by atomic mass is 9.93. The van der Waals surface area contributed by atoms with E-state index >= 15 is 0 Å². The number of carbonyl (C=O) groups is 1. The Bertz CT molecular complexity index is 1350. The van der Waals surface area contributed by atoms with Crippen LogP contribution in [0.3, 0.4) is 0 Å². The van der Waals surface area contributed by atoms with Crippen LogP contribution in [0.25, 0.3) is 16.6 Å². The zero-order valence-electron chi connectivity index (χ0n) is 20.4. The molecule has 1 saturated heterocycles. The lowest BCUT2D eigenvalue weighted by Gasteiger charge is -2.37. The highest BCUT2D eigenvalue weighted by atomic mass is 35.5. The largest absolute Gasteiger partial charge is 0.466 e. The molecule has 0 bridgehead atoms. The zero-order valence-corrected chi connectivity index (χ0v) is 21.9. The van der Waals surface area contributed by atoms with Gasteiger partial charge in [0, 0.05) is 54.1 Å². The number of nitrogens with zero attached hydrogens (tertiary/aromatic N) is 2. The molecule has 0 radical (unpaired) electrons. The summed E-state index contributed by atoms with van der Waals surface area (Å²) in [5.41, 5.74) is 2.31. The smallest absolute Gasteiger partial charge is 0.416 e. The molecule has 1 aliphatic rings. The number of rotatable bonds is 6. The molecule has 0 amide bonds. The molecule has 1 aromatic heterocycles. The predicted molar refractivity (Wildman–Crippen MR) is 139 cm³/mol. The minimum Gasteiger partial charge on any atom is -0.466 e. The van der Waals surface area contributed by atoms with Crippen molar-refractivity contribution in [1.82, 2.24) is 9.47 Å². The van der Waals surface area contributed by atoms with Crippen LogP contribution >= 0.6 is 23.2 Å². The summed E-state index contributed by atoms with van der Waals surface area (Å²) in [6, 6.07) is 8.92. The van der Waals surface area contributed by atoms with Gasteiger partial charge >= 0.3 is 12.1 Å². The molecule has 1 aliphatic heterocycles. The summed E-state index contributed by atoms with van der Waals surface area (Å²) in [5, 5.41) is 12.0. The first-order chi connectivity index (χ1) is 17.4. The standard InChI is InChI=1S/C27H27Cl2F3N2O3/c1-4-37-26(36)20-9-10-34(14-24(20)35)15(2)19-7-8-22(28)21(25(19)29)13-18-11-16-5-6-17(27(30,31)32)12-23(16)33(18)3/h5-8,11-12,20,24,35H,2,4,9-10,13-14H2,1,3H3. The summed E-state index contributed by atoms with van der Waals surface area (Å²) in [7, 11) is 1.71. The maximum absolute atomic E-state index is 13.2. The van der Waals surface area contributed by atoms with Gasteiger partial charge < -0.3 is 19.3 Å². The van der Waals surface area contributed by atoms with Crippen LogP contribution < -0.4 is 0 Å². The zero-order chi connectivity index (χ0) is 27.1. The van der Waals surface area contributed by atoms with Gasteiger partial charge in [-0.15, -0.1) is 0 Å². The van der Waals surface area contributed by atoms with Gasteiger partial charge in [-0.05, 0) is 54.6 Å². The van der Waals surface area contributed by atoms with E-state index in [2.05, 4.69) is 6.58 Å². The summed E-state index contributed by atoms with van der Waals surface area (Å²) in [5.74, 6) is -1.01. The van der Waals surface area contributed by atoms with E-state index in [1.54, 1.807) is 30.7 Å². The molecule has 37 heavy (non-hydrogen) atoms. The number of aryl methyl sites for hydroxylation is 1. The first-order valence-electron chi connectivity index (χ1n) is 11.8. The maximum atomic E-state index is 13.2. The van der Waals surface area contributed by atoms with Gasteiger partial charge in [-0.2, -0.15) is 13.2 Å². The average Bonchev–Trinajstić information content (AvgIpc) is 3.15. The summed E-state index contributed by atoms with van der Waals surface area (Å²) in [6.07, 6.45) is -4.64. The molecule has 198 valence electrons. The number of esters is 1. The fourth-order valence-corrected chi connectivity index (χ4v) is 5.38. The molecule has 1 N–H and O–H groups in total. The van der Waals surface area contributed by atoms with E-state index in [0.29, 0.717) is 57.2 Å². The Labute approximate surface area is 223 Å². The van der Waals surface area contributed by atoms with Crippen LogP contribution in [-0.2, 0) is 29.2 Å². The second kappa shape index (κ2) is 10.6. The fourth-order valence-electron chi connectivity index (χ4n) is 4.77. The number of fused-ring (bicyclic) bond motifs is 1. The van der Waals surface area contributed by atoms with Crippen LogP contribution in [0, 0.1) is 5.92 Å². The number of halogens is 5. The van der Waals surface area contributed by atoms with Crippen LogP contribution in [0.5, 0.6) is 0 Å². The van der Waals surface area contributed by atoms with Gasteiger partial charge in [-0.25, -0.2) is 0 Å². The van der Waals surface area contributed by atoms with Gasteiger partial charge in [0.25, 0.3) is 0 Å². The molecule has 2 heterocycles. The van der Waals surface area contributed by atoms with Gasteiger partial charge in [-0.3, -0.25) is 4.79 Å². The van der Waals surface area contributed by atoms with E-state index < -0.39 is 29.7 Å². The molecule has 2 aromatic carbocycles. The monoisotopic (exact) mass is 554 g/mol. The van der Waals surface area contributed by atoms with Crippen molar-refractivity contribution in [3.05, 3.63) is 75.4 Å². The number of β-amino-alcohol motifs (C(OH)–C–C–N with tert-alkyl or cyclic N) is 1. The van der Waals surface area contributed by atoms with Crippen LogP contribution in [0.15, 0.2) is 43.0 Å². The van der Waals surface area contributed by atoms with E-state index in [9.17, 15) is 23.1 Å². The average molecular weight is 555 g/mol. The molecule has 2 unspecified atom stereocenters. The molecule has 0 aliphatic carbocycles. The van der Waals surface area contributed by atoms with Crippen molar-refractivity contribution in [2.24, 2.45) is 13.0 Å². The van der Waals surface area contributed by atoms with Gasteiger partial charge in [0.15, 0.2) is 0 Å². The van der Waals surface area contributed by atoms with Crippen molar-refractivity contribution in [2.45, 2.75) is 32.0 Å². The molecule has 3 aromatic rings. The minimum atomic E-state index is -4.43. The Morgan fingerprint density at radius 1 is 1.22 bits per heavy atom.